The van der Waals surface area contributed by atoms with Gasteiger partial charge in [-0.25, -0.2) is 0 Å². The first kappa shape index (κ1) is 24.3. The van der Waals surface area contributed by atoms with Crippen molar-refractivity contribution in [2.24, 2.45) is 0 Å². The molecular weight excluding hydrogens is 511 g/mol. The molecule has 182 valence electrons. The second-order valence-electron chi connectivity index (χ2n) is 11.1. The van der Waals surface area contributed by atoms with Gasteiger partial charge in [-0.15, -0.1) is 0 Å². The van der Waals surface area contributed by atoms with E-state index in [2.05, 4.69) is 131 Å². The van der Waals surface area contributed by atoms with E-state index in [0.29, 0.717) is 0 Å². The second kappa shape index (κ2) is 8.74. The molecule has 0 unspecified atom stereocenters. The third kappa shape index (κ3) is 3.72. The normalized spacial score (nSPS) is 11.8. The van der Waals surface area contributed by atoms with Gasteiger partial charge in [0, 0.05) is 4.47 Å². The Morgan fingerprint density at radius 2 is 0.973 bits per heavy atom. The molecule has 0 amide bonds. The van der Waals surface area contributed by atoms with E-state index in [4.69, 9.17) is 0 Å². The summed E-state index contributed by atoms with van der Waals surface area (Å²) in [4.78, 5) is 0. The van der Waals surface area contributed by atoms with Crippen molar-refractivity contribution in [3.8, 4) is 0 Å². The first-order valence-electron chi connectivity index (χ1n) is 13.2. The maximum atomic E-state index is 3.86. The zero-order valence-corrected chi connectivity index (χ0v) is 24.4. The van der Waals surface area contributed by atoms with Crippen LogP contribution in [0.2, 0.25) is 0 Å². The fourth-order valence-corrected chi connectivity index (χ4v) is 7.72. The van der Waals surface area contributed by atoms with Crippen LogP contribution in [0.1, 0.15) is 38.9 Å². The van der Waals surface area contributed by atoms with Gasteiger partial charge in [0.2, 0.25) is 6.71 Å². The van der Waals surface area contributed by atoms with E-state index in [9.17, 15) is 0 Å². The molecule has 0 saturated carbocycles. The van der Waals surface area contributed by atoms with Crippen molar-refractivity contribution < 1.29 is 0 Å². The molecule has 0 aliphatic carbocycles. The minimum atomic E-state index is 0.162. The first-order valence-corrected chi connectivity index (χ1v) is 14.0. The highest BCUT2D eigenvalue weighted by atomic mass is 79.9. The molecule has 0 nitrogen and oxygen atoms in total. The van der Waals surface area contributed by atoms with Gasteiger partial charge in [-0.05, 0) is 92.4 Å². The first-order chi connectivity index (χ1) is 17.7. The fraction of sp³-hybridized carbons (Fsp3) is 0.200. The van der Waals surface area contributed by atoms with Crippen LogP contribution in [-0.2, 0) is 0 Å². The van der Waals surface area contributed by atoms with Gasteiger partial charge in [0.05, 0.1) is 0 Å². The summed E-state index contributed by atoms with van der Waals surface area (Å²) in [5.41, 5.74) is 13.7. The highest BCUT2D eigenvalue weighted by Gasteiger charge is 2.30. The highest BCUT2D eigenvalue weighted by Crippen LogP contribution is 2.39. The smallest absolute Gasteiger partial charge is 0.0657 e. The molecule has 37 heavy (non-hydrogen) atoms. The van der Waals surface area contributed by atoms with Crippen molar-refractivity contribution in [2.45, 2.75) is 48.5 Å². The van der Waals surface area contributed by atoms with Crippen molar-refractivity contribution in [1.82, 2.24) is 0 Å². The van der Waals surface area contributed by atoms with Crippen molar-refractivity contribution in [2.75, 3.05) is 0 Å². The molecule has 0 aliphatic heterocycles. The van der Waals surface area contributed by atoms with Gasteiger partial charge >= 0.3 is 0 Å². The molecule has 0 N–H and O–H groups in total. The van der Waals surface area contributed by atoms with Crippen LogP contribution < -0.4 is 16.4 Å². The van der Waals surface area contributed by atoms with E-state index in [1.807, 2.05) is 0 Å². The number of hydrogen-bond acceptors (Lipinski definition) is 0. The predicted molar refractivity (Wildman–Crippen MR) is 169 cm³/mol. The lowest BCUT2D eigenvalue weighted by Gasteiger charge is -2.26. The Morgan fingerprint density at radius 1 is 0.486 bits per heavy atom. The largest absolute Gasteiger partial charge is 0.243 e. The minimum absolute atomic E-state index is 0.162. The topological polar surface area (TPSA) is 0 Å². The van der Waals surface area contributed by atoms with Gasteiger partial charge in [-0.2, -0.15) is 0 Å². The van der Waals surface area contributed by atoms with Crippen LogP contribution in [0.5, 0.6) is 0 Å². The minimum Gasteiger partial charge on any atom is -0.0657 e. The predicted octanol–water partition coefficient (Wildman–Crippen LogP) is 8.02. The van der Waals surface area contributed by atoms with E-state index in [1.165, 1.54) is 92.1 Å². The molecule has 0 atom stereocenters. The average molecular weight is 543 g/mol. The van der Waals surface area contributed by atoms with Gasteiger partial charge in [0.1, 0.15) is 0 Å². The van der Waals surface area contributed by atoms with E-state index < -0.39 is 0 Å². The van der Waals surface area contributed by atoms with Crippen LogP contribution in [0.25, 0.3) is 32.3 Å². The summed E-state index contributed by atoms with van der Waals surface area (Å²) >= 11 is 3.86. The summed E-state index contributed by atoms with van der Waals surface area (Å²) in [5.74, 6) is 0. The van der Waals surface area contributed by atoms with Gasteiger partial charge in [0.15, 0.2) is 0 Å². The molecule has 0 aromatic heterocycles. The maximum absolute atomic E-state index is 3.86. The summed E-state index contributed by atoms with van der Waals surface area (Å²) in [6.07, 6.45) is 0. The fourth-order valence-electron chi connectivity index (χ4n) is 7.04. The third-order valence-electron chi connectivity index (χ3n) is 8.34. The Labute approximate surface area is 229 Å². The Hall–Kier alpha value is -3.10. The zero-order valence-electron chi connectivity index (χ0n) is 22.8. The molecule has 2 heteroatoms. The SMILES string of the molecule is Cc1cc(C)c(B(c2c(C)cc(C)cc2C)c2ccc3ccc4c(Br)cc(C)c5ccc2c3c54)c(C)c1. The highest BCUT2D eigenvalue weighted by molar-refractivity contribution is 9.10. The Morgan fingerprint density at radius 3 is 1.54 bits per heavy atom. The zero-order chi connectivity index (χ0) is 26.2. The number of hydrogen-bond donors (Lipinski definition) is 0. The van der Waals surface area contributed by atoms with Crippen molar-refractivity contribution in [3.05, 3.63) is 110 Å². The van der Waals surface area contributed by atoms with Crippen LogP contribution in [0, 0.1) is 48.5 Å². The molecule has 6 aromatic carbocycles. The number of rotatable bonds is 3. The van der Waals surface area contributed by atoms with Gasteiger partial charge in [-0.3, -0.25) is 0 Å². The maximum Gasteiger partial charge on any atom is 0.243 e. The van der Waals surface area contributed by atoms with Gasteiger partial charge < -0.3 is 0 Å². The lowest BCUT2D eigenvalue weighted by molar-refractivity contribution is 1.34. The average Bonchev–Trinajstić information content (AvgIpc) is 2.82. The van der Waals surface area contributed by atoms with E-state index >= 15 is 0 Å². The number of aryl methyl sites for hydroxylation is 7. The summed E-state index contributed by atoms with van der Waals surface area (Å²) < 4.78 is 1.17. The van der Waals surface area contributed by atoms with Crippen LogP contribution in [0.15, 0.2) is 71.2 Å². The lowest BCUT2D eigenvalue weighted by Crippen LogP contribution is -2.56. The van der Waals surface area contributed by atoms with Crippen LogP contribution in [-0.4, -0.2) is 6.71 Å². The molecule has 6 aromatic rings. The summed E-state index contributed by atoms with van der Waals surface area (Å²) in [6, 6.07) is 25.7. The van der Waals surface area contributed by atoms with Gasteiger partial charge in [0.25, 0.3) is 0 Å². The molecule has 0 radical (unpaired) electrons. The van der Waals surface area contributed by atoms with Gasteiger partial charge in [-0.1, -0.05) is 126 Å². The molecular formula is C35H32BBr. The Balaban J connectivity index is 1.79. The van der Waals surface area contributed by atoms with E-state index in [1.54, 1.807) is 0 Å². The Kier molecular flexibility index (Phi) is 5.73. The van der Waals surface area contributed by atoms with Crippen molar-refractivity contribution in [1.29, 1.82) is 0 Å². The Bertz CT molecular complexity index is 1730. The van der Waals surface area contributed by atoms with Crippen LogP contribution in [0.4, 0.5) is 0 Å². The summed E-state index contributed by atoms with van der Waals surface area (Å²) in [5, 5.41) is 8.05. The third-order valence-corrected chi connectivity index (χ3v) is 8.99. The molecule has 0 fully saturated rings. The lowest BCUT2D eigenvalue weighted by atomic mass is 9.33. The van der Waals surface area contributed by atoms with Crippen molar-refractivity contribution >= 4 is 71.3 Å². The molecule has 0 saturated heterocycles. The molecule has 0 aliphatic rings. The van der Waals surface area contributed by atoms with Crippen molar-refractivity contribution in [3.63, 3.8) is 0 Å². The molecule has 0 heterocycles. The number of benzene rings is 6. The van der Waals surface area contributed by atoms with E-state index in [-0.39, 0.29) is 6.71 Å². The summed E-state index contributed by atoms with van der Waals surface area (Å²) in [7, 11) is 0. The molecule has 0 spiro atoms. The second-order valence-corrected chi connectivity index (χ2v) is 12.0. The molecule has 0 bridgehead atoms. The van der Waals surface area contributed by atoms with E-state index in [0.717, 1.165) is 0 Å². The summed E-state index contributed by atoms with van der Waals surface area (Å²) in [6.45, 7) is 16.0. The number of halogens is 1. The monoisotopic (exact) mass is 542 g/mol. The van der Waals surface area contributed by atoms with Crippen LogP contribution >= 0.6 is 15.9 Å². The standard InChI is InChI=1S/C35H32BBr/c1-19-14-22(4)34(23(5)15-19)36(35-24(6)16-20(2)17-25(35)7)30-13-9-26-8-10-29-31(37)18-21(3)27-11-12-28(30)32(26)33(27)29/h8-18H,1-7H3. The quantitative estimate of drug-likeness (QED) is 0.157. The van der Waals surface area contributed by atoms with Crippen LogP contribution in [0.3, 0.4) is 0 Å². The molecule has 6 rings (SSSR count).